The van der Waals surface area contributed by atoms with Gasteiger partial charge >= 0.3 is 30.1 Å². The molecule has 11 aromatic rings. The van der Waals surface area contributed by atoms with Crippen molar-refractivity contribution in [2.45, 2.75) is 89.9 Å². The number of fused-ring (bicyclic) bond motifs is 3. The number of amides is 2. The van der Waals surface area contributed by atoms with Gasteiger partial charge in [-0.3, -0.25) is 24.8 Å². The molecule has 28 nitrogen and oxygen atoms in total. The first-order valence-corrected chi connectivity index (χ1v) is 35.4. The minimum absolute atomic E-state index is 0.0919. The van der Waals surface area contributed by atoms with Gasteiger partial charge in [-0.25, -0.2) is 38.9 Å². The van der Waals surface area contributed by atoms with E-state index in [1.165, 1.54) is 37.2 Å². The number of nitrogen functional groups attached to an aromatic ring is 1. The second kappa shape index (κ2) is 38.9. The predicted octanol–water partition coefficient (Wildman–Crippen LogP) is 13.1. The number of amidine groups is 1. The number of nitrogens with zero attached hydrogens (tertiary/aromatic N) is 6. The lowest BCUT2D eigenvalue weighted by Gasteiger charge is -2.27. The largest absolute Gasteiger partial charge is 0.497 e. The number of aliphatic hydroxyl groups is 1. The highest BCUT2D eigenvalue weighted by Crippen LogP contribution is 2.34. The fourth-order valence-corrected chi connectivity index (χ4v) is 11.4. The summed E-state index contributed by atoms with van der Waals surface area (Å²) in [4.78, 5) is 110. The Bertz CT molecular complexity index is 5030. The maximum Gasteiger partial charge on any atom is 0.411 e. The van der Waals surface area contributed by atoms with Gasteiger partial charge in [-0.1, -0.05) is 121 Å². The second-order valence-electron chi connectivity index (χ2n) is 26.6. The fraction of sp³-hybridized carbons (Fsp3) is 0.268. The number of rotatable bonds is 13. The van der Waals surface area contributed by atoms with Crippen LogP contribution in [0.25, 0.3) is 66.9 Å². The number of likely N-dealkylation sites (tertiary alicyclic amines) is 2. The van der Waals surface area contributed by atoms with Crippen LogP contribution in [0.4, 0.5) is 9.59 Å². The molecule has 0 aliphatic carbocycles. The van der Waals surface area contributed by atoms with Crippen molar-refractivity contribution in [3.8, 4) is 63.0 Å². The zero-order valence-corrected chi connectivity index (χ0v) is 64.8. The number of halogens is 1. The van der Waals surface area contributed by atoms with Crippen molar-refractivity contribution in [2.75, 3.05) is 55.7 Å². The number of carboxylic acids is 1. The summed E-state index contributed by atoms with van der Waals surface area (Å²) >= 11 is 3.12. The lowest BCUT2D eigenvalue weighted by atomic mass is 10.1. The highest BCUT2D eigenvalue weighted by atomic mass is 79.9. The van der Waals surface area contributed by atoms with E-state index in [-0.39, 0.29) is 48.4 Å². The van der Waals surface area contributed by atoms with Crippen molar-refractivity contribution in [1.82, 2.24) is 39.7 Å². The number of β-amino-alcohol motifs (C(OH)–C–C–N with tert-alkyl or cyclic N) is 1. The molecule has 580 valence electrons. The zero-order valence-electron chi connectivity index (χ0n) is 63.2. The predicted molar refractivity (Wildman–Crippen MR) is 422 cm³/mol. The Kier molecular flexibility index (Phi) is 29.4. The van der Waals surface area contributed by atoms with E-state index in [1.54, 1.807) is 117 Å². The molecule has 0 radical (unpaired) electrons. The summed E-state index contributed by atoms with van der Waals surface area (Å²) in [5.41, 5.74) is 9.11. The molecule has 13 rings (SSSR count). The Morgan fingerprint density at radius 3 is 1.30 bits per heavy atom. The highest BCUT2D eigenvalue weighted by molar-refractivity contribution is 9.10. The average molecular weight is 1580 g/mol. The van der Waals surface area contributed by atoms with Crippen LogP contribution >= 0.6 is 15.9 Å². The van der Waals surface area contributed by atoms with Crippen LogP contribution in [0.5, 0.6) is 28.9 Å². The molecule has 3 aromatic heterocycles. The zero-order chi connectivity index (χ0) is 80.7. The van der Waals surface area contributed by atoms with Gasteiger partial charge in [-0.15, -0.1) is 0 Å². The first-order chi connectivity index (χ1) is 52.9. The van der Waals surface area contributed by atoms with Crippen LogP contribution in [0, 0.1) is 5.41 Å². The number of aromatic carboxylic acids is 1. The van der Waals surface area contributed by atoms with Gasteiger partial charge in [0.15, 0.2) is 5.82 Å². The molecule has 4 atom stereocenters. The molecule has 29 heteroatoms. The Morgan fingerprint density at radius 2 is 0.892 bits per heavy atom. The van der Waals surface area contributed by atoms with Gasteiger partial charge in [-0.2, -0.15) is 4.98 Å². The van der Waals surface area contributed by atoms with E-state index < -0.39 is 65.6 Å². The summed E-state index contributed by atoms with van der Waals surface area (Å²) in [5.74, 6) is 2.54. The number of H-pyrrole nitrogens is 2. The molecular weight excluding hydrogens is 1490 g/mol. The minimum Gasteiger partial charge on any atom is -0.497 e. The summed E-state index contributed by atoms with van der Waals surface area (Å²) in [6.07, 6.45) is -2.01. The number of ether oxygens (including phenoxy) is 9. The van der Waals surface area contributed by atoms with Gasteiger partial charge in [-0.05, 0) is 130 Å². The van der Waals surface area contributed by atoms with Crippen LogP contribution in [-0.2, 0) is 28.5 Å². The van der Waals surface area contributed by atoms with Crippen molar-refractivity contribution in [2.24, 2.45) is 5.73 Å². The molecule has 2 aliphatic heterocycles. The molecular formula is C82H87BrN10O18. The summed E-state index contributed by atoms with van der Waals surface area (Å²) in [6.45, 7) is 10.8. The van der Waals surface area contributed by atoms with E-state index in [2.05, 4.69) is 45.6 Å². The monoisotopic (exact) mass is 1580 g/mol. The van der Waals surface area contributed by atoms with E-state index >= 15 is 0 Å². The molecule has 7 N–H and O–H groups in total. The van der Waals surface area contributed by atoms with E-state index in [4.69, 9.17) is 59.1 Å². The Hall–Kier alpha value is -12.8. The third-order valence-electron chi connectivity index (χ3n) is 16.3. The number of hydrogen-bond donors (Lipinski definition) is 6. The molecule has 8 aromatic carbocycles. The van der Waals surface area contributed by atoms with Gasteiger partial charge < -0.3 is 68.5 Å². The van der Waals surface area contributed by atoms with Gasteiger partial charge in [0.25, 0.3) is 11.1 Å². The lowest BCUT2D eigenvalue weighted by Crippen LogP contribution is -2.44. The number of aromatic amines is 2. The SMILES string of the molecule is COC(=O)C1C[C@@H](O)CN1C(=O)OC(C)(C)C.COC(=O)[C@@H]1C[C@@H](Oc2nc(-c3ccccc3)nc3ccc(OC)cc23)CN1C(=O)OC(C)(C)C.COc1ccc(Br)c(C(=O)O)c1.COc1ccc2nc(-c3ccccc3)[nH]c(=O)c2c1.COc1ccc2nc(-c3ccccc3)[nH]c(=O)c2c1.N=C(N)c1ccccc1. The van der Waals surface area contributed by atoms with Crippen LogP contribution < -0.4 is 40.5 Å². The van der Waals surface area contributed by atoms with Crippen molar-refractivity contribution in [3.63, 3.8) is 0 Å². The maximum absolute atomic E-state index is 12.8. The Balaban J connectivity index is 0.000000177. The first kappa shape index (κ1) is 83.9. The van der Waals surface area contributed by atoms with Crippen molar-refractivity contribution in [3.05, 3.63) is 230 Å². The lowest BCUT2D eigenvalue weighted by molar-refractivity contribution is -0.146. The van der Waals surface area contributed by atoms with Crippen molar-refractivity contribution >= 4 is 84.6 Å². The van der Waals surface area contributed by atoms with Crippen LogP contribution in [-0.4, -0.2) is 177 Å². The highest BCUT2D eigenvalue weighted by Gasteiger charge is 2.44. The topological polar surface area (TPSA) is 383 Å². The second-order valence-corrected chi connectivity index (χ2v) is 27.4. The van der Waals surface area contributed by atoms with E-state index in [0.29, 0.717) is 83.5 Å². The molecule has 2 amide bonds. The number of carboxylic acid groups (broad SMARTS) is 1. The van der Waals surface area contributed by atoms with Crippen molar-refractivity contribution < 1.29 is 76.8 Å². The van der Waals surface area contributed by atoms with Gasteiger partial charge in [0.1, 0.15) is 69.9 Å². The number of nitrogens with one attached hydrogen (secondary N) is 3. The Labute approximate surface area is 648 Å². The molecule has 0 bridgehead atoms. The number of nitrogens with two attached hydrogens (primary N) is 1. The molecule has 0 spiro atoms. The van der Waals surface area contributed by atoms with Crippen LogP contribution in [0.2, 0.25) is 0 Å². The summed E-state index contributed by atoms with van der Waals surface area (Å²) in [5, 5.41) is 26.9. The molecule has 2 fully saturated rings. The number of benzene rings is 8. The van der Waals surface area contributed by atoms with Gasteiger partial charge in [0, 0.05) is 39.6 Å². The normalized spacial score (nSPS) is 14.8. The molecule has 0 saturated carbocycles. The molecule has 111 heavy (non-hydrogen) atoms. The third-order valence-corrected chi connectivity index (χ3v) is 17.0. The van der Waals surface area contributed by atoms with Crippen molar-refractivity contribution in [1.29, 1.82) is 5.41 Å². The maximum atomic E-state index is 12.8. The molecule has 2 saturated heterocycles. The number of carbonyl (C=O) groups is 5. The van der Waals surface area contributed by atoms with Gasteiger partial charge in [0.2, 0.25) is 5.88 Å². The van der Waals surface area contributed by atoms with Gasteiger partial charge in [0.05, 0.1) is 100 Å². The Morgan fingerprint density at radius 1 is 0.505 bits per heavy atom. The fourth-order valence-electron chi connectivity index (χ4n) is 11.0. The van der Waals surface area contributed by atoms with Crippen LogP contribution in [0.3, 0.4) is 0 Å². The first-order valence-electron chi connectivity index (χ1n) is 34.6. The number of methoxy groups -OCH3 is 6. The molecule has 2 aliphatic rings. The number of hydrogen-bond acceptors (Lipinski definition) is 22. The number of aromatic nitrogens is 6. The average Bonchev–Trinajstić information content (AvgIpc) is 1.42. The smallest absolute Gasteiger partial charge is 0.411 e. The quantitative estimate of drug-likeness (QED) is 0.0270. The van der Waals surface area contributed by atoms with Crippen LogP contribution in [0.1, 0.15) is 70.3 Å². The summed E-state index contributed by atoms with van der Waals surface area (Å²) < 4.78 is 47.5. The molecule has 1 unspecified atom stereocenters. The van der Waals surface area contributed by atoms with E-state index in [1.807, 2.05) is 133 Å². The third kappa shape index (κ3) is 23.6. The number of esters is 2. The summed E-state index contributed by atoms with van der Waals surface area (Å²) in [7, 11) is 8.76. The standard InChI is InChI=1S/C26H29N3O6.2C15H12N2O2.C11H19NO5.C8H7BrO3.C7H8N2/c1-26(2,3)35-25(31)29-15-18(14-21(29)24(30)33-5)34-23-19-13-17(32-4)11-12-20(19)27-22(28-23)16-9-7-6-8-10-16;2*1-19-11-7-8-13-12(9-11)15(18)17-14(16-13)10-5-3-2-4-6-10;1-11(2,3)17-10(15)12-6-7(13)5-8(12)9(14)16-4;1-12-5-2-3-7(9)6(4-5)8(10)11;8-7(9)6-4-2-1-3-5-6/h6-13,18,21H,14-15H2,1-5H3;2*2-9H,1H3,(H,16,17,18);7-8,13H,5-6H2,1-4H3;2-4H,1H3,(H,10,11);1-5H,(H3,8,9)/t18-,21+;;;7-,8?;;/m1..1../s1. The molecule has 5 heterocycles. The summed E-state index contributed by atoms with van der Waals surface area (Å²) in [6, 6.07) is 57.2. The van der Waals surface area contributed by atoms with E-state index in [9.17, 15) is 38.7 Å². The minimum atomic E-state index is -0.972. The number of aliphatic hydroxyl groups excluding tert-OH is 1. The number of carbonyl (C=O) groups excluding carboxylic acids is 4. The van der Waals surface area contributed by atoms with E-state index in [0.717, 1.165) is 22.3 Å². The van der Waals surface area contributed by atoms with Crippen LogP contribution in [0.15, 0.2) is 208 Å².